The van der Waals surface area contributed by atoms with Crippen molar-refractivity contribution in [3.8, 4) is 23.8 Å². The molecule has 2 aromatic carbocycles. The molecule has 0 saturated carbocycles. The first-order valence-corrected chi connectivity index (χ1v) is 13.8. The van der Waals surface area contributed by atoms with Gasteiger partial charge in [0, 0.05) is 10.6 Å². The lowest BCUT2D eigenvalue weighted by atomic mass is 9.96. The minimum absolute atomic E-state index is 0.0438. The maximum absolute atomic E-state index is 13.9. The quantitative estimate of drug-likeness (QED) is 0.273. The van der Waals surface area contributed by atoms with Crippen molar-refractivity contribution in [3.63, 3.8) is 0 Å². The molecule has 2 heterocycles. The molecule has 0 saturated heterocycles. The van der Waals surface area contributed by atoms with Crippen molar-refractivity contribution >= 4 is 50.9 Å². The molecule has 10 heteroatoms. The molecule has 0 radical (unpaired) electrons. The Bertz CT molecular complexity index is 1630. The van der Waals surface area contributed by atoms with E-state index in [0.29, 0.717) is 53.8 Å². The van der Waals surface area contributed by atoms with Gasteiger partial charge in [-0.2, -0.15) is 0 Å². The van der Waals surface area contributed by atoms with Crippen molar-refractivity contribution in [1.82, 2.24) is 4.57 Å². The summed E-state index contributed by atoms with van der Waals surface area (Å²) in [6.45, 7) is 6.14. The normalized spacial score (nSPS) is 14.9. The molecule has 38 heavy (non-hydrogen) atoms. The first-order chi connectivity index (χ1) is 18.3. The molecule has 3 aromatic rings. The molecule has 1 atom stereocenters. The number of rotatable bonds is 8. The summed E-state index contributed by atoms with van der Waals surface area (Å²) in [5.41, 5.74) is 1.77. The molecular formula is C28H24BrClN2O5S. The van der Waals surface area contributed by atoms with Crippen LogP contribution >= 0.6 is 38.9 Å². The summed E-state index contributed by atoms with van der Waals surface area (Å²) in [5.74, 6) is 3.07. The number of hydrogen-bond donors (Lipinski definition) is 0. The number of benzene rings is 2. The highest BCUT2D eigenvalue weighted by atomic mass is 79.9. The lowest BCUT2D eigenvalue weighted by Crippen LogP contribution is -2.39. The fourth-order valence-corrected chi connectivity index (χ4v) is 6.10. The number of ether oxygens (including phenoxy) is 3. The summed E-state index contributed by atoms with van der Waals surface area (Å²) >= 11 is 11.0. The van der Waals surface area contributed by atoms with Crippen LogP contribution in [0, 0.1) is 12.3 Å². The van der Waals surface area contributed by atoms with Gasteiger partial charge in [0.1, 0.15) is 18.1 Å². The summed E-state index contributed by atoms with van der Waals surface area (Å²) in [7, 11) is 0. The van der Waals surface area contributed by atoms with E-state index in [1.54, 1.807) is 32.1 Å². The Morgan fingerprint density at radius 3 is 2.63 bits per heavy atom. The Hall–Kier alpha value is -3.32. The van der Waals surface area contributed by atoms with Crippen LogP contribution in [-0.2, 0) is 9.53 Å². The number of nitrogens with zero attached hydrogens (tertiary/aromatic N) is 2. The molecule has 1 aliphatic rings. The van der Waals surface area contributed by atoms with Crippen LogP contribution in [0.3, 0.4) is 0 Å². The van der Waals surface area contributed by atoms with Gasteiger partial charge in [0.05, 0.1) is 39.5 Å². The SMILES string of the molecule is C#CCOc1c(Br)cc(Cl)cc1/C=c1\sc2n(c1=O)[C@H](c1ccc(OCC)cc1)C(C(=O)OCC)=C(C)N=2. The van der Waals surface area contributed by atoms with Crippen LogP contribution in [-0.4, -0.2) is 30.4 Å². The zero-order valence-corrected chi connectivity index (χ0v) is 24.1. The summed E-state index contributed by atoms with van der Waals surface area (Å²) < 4.78 is 19.2. The second-order valence-corrected chi connectivity index (χ2v) is 10.4. The standard InChI is InChI=1S/C28H24BrClN2O5S/c1-5-12-37-25-18(13-19(30)15-21(25)29)14-22-26(33)32-24(17-8-10-20(11-9-17)35-6-2)23(27(34)36-7-3)16(4)31-28(32)38-22/h1,8-11,13-15,24H,6-7,12H2,2-4H3/b22-14-/t24-/m1/s1. The molecular weight excluding hydrogens is 592 g/mol. The van der Waals surface area contributed by atoms with Gasteiger partial charge in [0.2, 0.25) is 0 Å². The van der Waals surface area contributed by atoms with Gasteiger partial charge in [-0.05, 0) is 72.6 Å². The van der Waals surface area contributed by atoms with Gasteiger partial charge in [-0.25, -0.2) is 9.79 Å². The van der Waals surface area contributed by atoms with Crippen LogP contribution in [0.15, 0.2) is 61.9 Å². The van der Waals surface area contributed by atoms with E-state index in [-0.39, 0.29) is 18.8 Å². The first-order valence-electron chi connectivity index (χ1n) is 11.8. The number of aromatic nitrogens is 1. The Labute approximate surface area is 237 Å². The largest absolute Gasteiger partial charge is 0.494 e. The fraction of sp³-hybridized carbons (Fsp3) is 0.250. The van der Waals surface area contributed by atoms with Gasteiger partial charge < -0.3 is 14.2 Å². The molecule has 4 rings (SSSR count). The summed E-state index contributed by atoms with van der Waals surface area (Å²) in [6.07, 6.45) is 7.06. The van der Waals surface area contributed by atoms with E-state index in [1.165, 1.54) is 15.9 Å². The summed E-state index contributed by atoms with van der Waals surface area (Å²) in [5, 5.41) is 0.455. The molecule has 0 amide bonds. The smallest absolute Gasteiger partial charge is 0.338 e. The van der Waals surface area contributed by atoms with E-state index in [2.05, 4.69) is 26.8 Å². The van der Waals surface area contributed by atoms with Gasteiger partial charge in [0.15, 0.2) is 4.80 Å². The van der Waals surface area contributed by atoms with E-state index in [0.717, 1.165) is 5.56 Å². The zero-order valence-electron chi connectivity index (χ0n) is 20.9. The van der Waals surface area contributed by atoms with Crippen molar-refractivity contribution in [3.05, 3.63) is 88.0 Å². The van der Waals surface area contributed by atoms with Gasteiger partial charge >= 0.3 is 5.97 Å². The van der Waals surface area contributed by atoms with E-state index < -0.39 is 12.0 Å². The predicted molar refractivity (Wildman–Crippen MR) is 151 cm³/mol. The lowest BCUT2D eigenvalue weighted by Gasteiger charge is -2.24. The van der Waals surface area contributed by atoms with Crippen molar-refractivity contribution in [2.75, 3.05) is 19.8 Å². The Balaban J connectivity index is 1.94. The maximum Gasteiger partial charge on any atom is 0.338 e. The Morgan fingerprint density at radius 1 is 1.24 bits per heavy atom. The minimum Gasteiger partial charge on any atom is -0.494 e. The lowest BCUT2D eigenvalue weighted by molar-refractivity contribution is -0.139. The number of terminal acetylenes is 1. The molecule has 0 fully saturated rings. The molecule has 0 bridgehead atoms. The predicted octanol–water partition coefficient (Wildman–Crippen LogP) is 4.62. The number of carbonyl (C=O) groups is 1. The fourth-order valence-electron chi connectivity index (χ4n) is 4.11. The highest BCUT2D eigenvalue weighted by Crippen LogP contribution is 2.34. The number of fused-ring (bicyclic) bond motifs is 1. The molecule has 0 aliphatic carbocycles. The molecule has 0 unspecified atom stereocenters. The average Bonchev–Trinajstić information content (AvgIpc) is 3.17. The van der Waals surface area contributed by atoms with Crippen molar-refractivity contribution in [2.24, 2.45) is 4.99 Å². The molecule has 1 aromatic heterocycles. The number of esters is 1. The number of carbonyl (C=O) groups excluding carboxylic acids is 1. The third-order valence-corrected chi connectivity index (χ3v) is 7.44. The molecule has 0 N–H and O–H groups in total. The summed E-state index contributed by atoms with van der Waals surface area (Å²) in [4.78, 5) is 32.0. The van der Waals surface area contributed by atoms with Crippen LogP contribution in [0.2, 0.25) is 5.02 Å². The Kier molecular flexibility index (Phi) is 8.77. The monoisotopic (exact) mass is 614 g/mol. The second-order valence-electron chi connectivity index (χ2n) is 8.10. The zero-order chi connectivity index (χ0) is 27.4. The van der Waals surface area contributed by atoms with Crippen LogP contribution < -0.4 is 24.4 Å². The third kappa shape index (κ3) is 5.58. The van der Waals surface area contributed by atoms with Crippen LogP contribution in [0.1, 0.15) is 37.9 Å². The van der Waals surface area contributed by atoms with Gasteiger partial charge in [0.25, 0.3) is 5.56 Å². The minimum atomic E-state index is -0.730. The van der Waals surface area contributed by atoms with Crippen molar-refractivity contribution in [1.29, 1.82) is 0 Å². The van der Waals surface area contributed by atoms with Crippen LogP contribution in [0.4, 0.5) is 0 Å². The first kappa shape index (κ1) is 27.7. The number of allylic oxidation sites excluding steroid dienone is 1. The van der Waals surface area contributed by atoms with Gasteiger partial charge in [-0.15, -0.1) is 6.42 Å². The van der Waals surface area contributed by atoms with Crippen LogP contribution in [0.5, 0.6) is 11.5 Å². The molecule has 196 valence electrons. The molecule has 0 spiro atoms. The van der Waals surface area contributed by atoms with Gasteiger partial charge in [-0.1, -0.05) is 41.0 Å². The van der Waals surface area contributed by atoms with Crippen LogP contribution in [0.25, 0.3) is 6.08 Å². The molecule has 7 nitrogen and oxygen atoms in total. The van der Waals surface area contributed by atoms with Crippen molar-refractivity contribution in [2.45, 2.75) is 26.8 Å². The van der Waals surface area contributed by atoms with Crippen molar-refractivity contribution < 1.29 is 19.0 Å². The van der Waals surface area contributed by atoms with E-state index >= 15 is 0 Å². The second kappa shape index (κ2) is 12.0. The van der Waals surface area contributed by atoms with E-state index in [9.17, 15) is 9.59 Å². The van der Waals surface area contributed by atoms with E-state index in [4.69, 9.17) is 32.2 Å². The average molecular weight is 616 g/mol. The number of halogens is 2. The number of thiazole rings is 1. The maximum atomic E-state index is 13.9. The van der Waals surface area contributed by atoms with E-state index in [1.807, 2.05) is 31.2 Å². The third-order valence-electron chi connectivity index (χ3n) is 5.65. The highest BCUT2D eigenvalue weighted by Gasteiger charge is 2.33. The topological polar surface area (TPSA) is 79.1 Å². The highest BCUT2D eigenvalue weighted by molar-refractivity contribution is 9.10. The number of hydrogen-bond acceptors (Lipinski definition) is 7. The Morgan fingerprint density at radius 2 is 1.97 bits per heavy atom. The molecule has 1 aliphatic heterocycles. The van der Waals surface area contributed by atoms with Gasteiger partial charge in [-0.3, -0.25) is 9.36 Å². The summed E-state index contributed by atoms with van der Waals surface area (Å²) in [6, 6.07) is 9.95.